The summed E-state index contributed by atoms with van der Waals surface area (Å²) in [5.41, 5.74) is 9.85. The Morgan fingerprint density at radius 1 is 1.20 bits per heavy atom. The van der Waals surface area contributed by atoms with E-state index < -0.39 is 6.10 Å². The maximum atomic E-state index is 10.1. The quantitative estimate of drug-likeness (QED) is 0.677. The molecule has 0 fully saturated rings. The van der Waals surface area contributed by atoms with E-state index in [2.05, 4.69) is 4.98 Å². The predicted octanol–water partition coefficient (Wildman–Crippen LogP) is 1.73. The SMILES string of the molecule is Nc1ccnc2c1[C@@H](O)c1ccccc1-2. The van der Waals surface area contributed by atoms with Crippen LogP contribution < -0.4 is 5.73 Å². The fourth-order valence-corrected chi connectivity index (χ4v) is 2.10. The molecule has 0 spiro atoms. The summed E-state index contributed by atoms with van der Waals surface area (Å²) in [5, 5.41) is 10.1. The average molecular weight is 198 g/mol. The molecular formula is C12H10N2O. The lowest BCUT2D eigenvalue weighted by Gasteiger charge is -2.06. The maximum absolute atomic E-state index is 10.1. The van der Waals surface area contributed by atoms with Crippen LogP contribution in [0.15, 0.2) is 36.5 Å². The monoisotopic (exact) mass is 198 g/mol. The third-order valence-corrected chi connectivity index (χ3v) is 2.81. The second-order valence-electron chi connectivity index (χ2n) is 3.65. The fourth-order valence-electron chi connectivity index (χ4n) is 2.10. The van der Waals surface area contributed by atoms with Crippen LogP contribution in [0.3, 0.4) is 0 Å². The van der Waals surface area contributed by atoms with Crippen LogP contribution in [0.5, 0.6) is 0 Å². The van der Waals surface area contributed by atoms with Gasteiger partial charge in [-0.05, 0) is 11.6 Å². The van der Waals surface area contributed by atoms with E-state index >= 15 is 0 Å². The minimum Gasteiger partial charge on any atom is -0.398 e. The average Bonchev–Trinajstić information content (AvgIpc) is 2.55. The summed E-state index contributed by atoms with van der Waals surface area (Å²) < 4.78 is 0. The van der Waals surface area contributed by atoms with Crippen LogP contribution in [0.4, 0.5) is 5.69 Å². The first-order chi connectivity index (χ1) is 7.29. The highest BCUT2D eigenvalue weighted by molar-refractivity contribution is 5.79. The number of nitrogens with two attached hydrogens (primary N) is 1. The second-order valence-corrected chi connectivity index (χ2v) is 3.65. The Labute approximate surface area is 87.2 Å². The first-order valence-electron chi connectivity index (χ1n) is 4.81. The standard InChI is InChI=1S/C12H10N2O/c13-9-5-6-14-11-7-3-1-2-4-8(7)12(15)10(9)11/h1-6,12,15H,(H2,13,14)/t12-/m0/s1. The highest BCUT2D eigenvalue weighted by atomic mass is 16.3. The minimum absolute atomic E-state index is 0.601. The molecule has 0 unspecified atom stereocenters. The van der Waals surface area contributed by atoms with Crippen LogP contribution >= 0.6 is 0 Å². The fraction of sp³-hybridized carbons (Fsp3) is 0.0833. The number of aliphatic hydroxyl groups is 1. The largest absolute Gasteiger partial charge is 0.398 e. The summed E-state index contributed by atoms with van der Waals surface area (Å²) in [6.07, 6.45) is 1.04. The predicted molar refractivity (Wildman–Crippen MR) is 58.1 cm³/mol. The molecule has 1 aliphatic carbocycles. The van der Waals surface area contributed by atoms with E-state index in [1.165, 1.54) is 0 Å². The van der Waals surface area contributed by atoms with Gasteiger partial charge >= 0.3 is 0 Å². The molecule has 0 saturated heterocycles. The number of pyridine rings is 1. The molecule has 1 aromatic heterocycles. The molecule has 3 nitrogen and oxygen atoms in total. The number of nitrogens with zero attached hydrogens (tertiary/aromatic N) is 1. The van der Waals surface area contributed by atoms with E-state index in [1.807, 2.05) is 24.3 Å². The Morgan fingerprint density at radius 2 is 2.00 bits per heavy atom. The smallest absolute Gasteiger partial charge is 0.109 e. The Morgan fingerprint density at radius 3 is 2.87 bits per heavy atom. The number of aromatic nitrogens is 1. The van der Waals surface area contributed by atoms with Crippen molar-refractivity contribution in [1.82, 2.24) is 4.98 Å². The molecule has 0 saturated carbocycles. The molecule has 74 valence electrons. The first-order valence-corrected chi connectivity index (χ1v) is 4.81. The van der Waals surface area contributed by atoms with Gasteiger partial charge in [-0.25, -0.2) is 0 Å². The molecule has 1 aliphatic rings. The number of nitrogen functional groups attached to an aromatic ring is 1. The summed E-state index contributed by atoms with van der Waals surface area (Å²) in [5.74, 6) is 0. The number of aliphatic hydroxyl groups excluding tert-OH is 1. The number of hydrogen-bond acceptors (Lipinski definition) is 3. The van der Waals surface area contributed by atoms with Gasteiger partial charge in [0.15, 0.2) is 0 Å². The Bertz CT molecular complexity index is 537. The van der Waals surface area contributed by atoms with E-state index in [1.54, 1.807) is 12.3 Å². The molecule has 0 amide bonds. The zero-order valence-corrected chi connectivity index (χ0v) is 8.01. The molecule has 1 aromatic carbocycles. The van der Waals surface area contributed by atoms with Crippen molar-refractivity contribution in [2.24, 2.45) is 0 Å². The molecule has 0 radical (unpaired) electrons. The van der Waals surface area contributed by atoms with Gasteiger partial charge in [-0.3, -0.25) is 4.98 Å². The lowest BCUT2D eigenvalue weighted by Crippen LogP contribution is -1.99. The number of rotatable bonds is 0. The van der Waals surface area contributed by atoms with Gasteiger partial charge < -0.3 is 10.8 Å². The Balaban J connectivity index is 2.37. The van der Waals surface area contributed by atoms with Crippen molar-refractivity contribution in [3.63, 3.8) is 0 Å². The third kappa shape index (κ3) is 1.01. The molecule has 1 atom stereocenters. The van der Waals surface area contributed by atoms with E-state index in [0.29, 0.717) is 5.69 Å². The zero-order chi connectivity index (χ0) is 10.4. The van der Waals surface area contributed by atoms with Crippen molar-refractivity contribution >= 4 is 5.69 Å². The van der Waals surface area contributed by atoms with Gasteiger partial charge in [-0.1, -0.05) is 24.3 Å². The van der Waals surface area contributed by atoms with Crippen LogP contribution in [0.1, 0.15) is 17.2 Å². The second kappa shape index (κ2) is 2.81. The van der Waals surface area contributed by atoms with Crippen LogP contribution in [-0.4, -0.2) is 10.1 Å². The van der Waals surface area contributed by atoms with E-state index in [0.717, 1.165) is 22.4 Å². The molecule has 3 N–H and O–H groups in total. The van der Waals surface area contributed by atoms with Crippen molar-refractivity contribution in [2.45, 2.75) is 6.10 Å². The van der Waals surface area contributed by atoms with Crippen molar-refractivity contribution < 1.29 is 5.11 Å². The summed E-state index contributed by atoms with van der Waals surface area (Å²) in [7, 11) is 0. The normalized spacial score (nSPS) is 17.3. The summed E-state index contributed by atoms with van der Waals surface area (Å²) in [4.78, 5) is 4.27. The van der Waals surface area contributed by atoms with Gasteiger partial charge in [0.2, 0.25) is 0 Å². The van der Waals surface area contributed by atoms with Crippen LogP contribution in [-0.2, 0) is 0 Å². The summed E-state index contributed by atoms with van der Waals surface area (Å²) in [6, 6.07) is 9.42. The molecule has 2 aromatic rings. The van der Waals surface area contributed by atoms with Crippen LogP contribution in [0, 0.1) is 0 Å². The molecule has 3 heteroatoms. The van der Waals surface area contributed by atoms with E-state index in [9.17, 15) is 5.11 Å². The van der Waals surface area contributed by atoms with Gasteiger partial charge in [0.1, 0.15) is 6.10 Å². The molecule has 1 heterocycles. The van der Waals surface area contributed by atoms with E-state index in [-0.39, 0.29) is 0 Å². The summed E-state index contributed by atoms with van der Waals surface area (Å²) in [6.45, 7) is 0. The topological polar surface area (TPSA) is 59.1 Å². The lowest BCUT2D eigenvalue weighted by atomic mass is 10.1. The number of fused-ring (bicyclic) bond motifs is 3. The van der Waals surface area contributed by atoms with Gasteiger partial charge in [-0.15, -0.1) is 0 Å². The maximum Gasteiger partial charge on any atom is 0.109 e. The Hall–Kier alpha value is -1.87. The number of benzene rings is 1. The lowest BCUT2D eigenvalue weighted by molar-refractivity contribution is 0.226. The third-order valence-electron chi connectivity index (χ3n) is 2.81. The van der Waals surface area contributed by atoms with Crippen molar-refractivity contribution in [3.05, 3.63) is 47.7 Å². The molecule has 3 rings (SSSR count). The molecule has 15 heavy (non-hydrogen) atoms. The van der Waals surface area contributed by atoms with Gasteiger partial charge in [0.25, 0.3) is 0 Å². The Kier molecular flexibility index (Phi) is 1.58. The highest BCUT2D eigenvalue weighted by Crippen LogP contribution is 2.44. The molecular weight excluding hydrogens is 188 g/mol. The first kappa shape index (κ1) is 8.44. The van der Waals surface area contributed by atoms with Crippen molar-refractivity contribution in [2.75, 3.05) is 5.73 Å². The summed E-state index contributed by atoms with van der Waals surface area (Å²) >= 11 is 0. The number of anilines is 1. The van der Waals surface area contributed by atoms with Gasteiger partial charge in [0.05, 0.1) is 5.69 Å². The van der Waals surface area contributed by atoms with E-state index in [4.69, 9.17) is 5.73 Å². The van der Waals surface area contributed by atoms with Crippen molar-refractivity contribution in [3.8, 4) is 11.3 Å². The van der Waals surface area contributed by atoms with Crippen LogP contribution in [0.25, 0.3) is 11.3 Å². The van der Waals surface area contributed by atoms with Crippen molar-refractivity contribution in [1.29, 1.82) is 0 Å². The molecule has 0 aliphatic heterocycles. The molecule has 0 bridgehead atoms. The van der Waals surface area contributed by atoms with Gasteiger partial charge in [-0.2, -0.15) is 0 Å². The zero-order valence-electron chi connectivity index (χ0n) is 8.01. The highest BCUT2D eigenvalue weighted by Gasteiger charge is 2.29. The van der Waals surface area contributed by atoms with Gasteiger partial charge in [0, 0.05) is 23.0 Å². The minimum atomic E-state index is -0.634. The number of hydrogen-bond donors (Lipinski definition) is 2. The van der Waals surface area contributed by atoms with Crippen LogP contribution in [0.2, 0.25) is 0 Å².